The number of ketones is 1. The van der Waals surface area contributed by atoms with Gasteiger partial charge < -0.3 is 10.2 Å². The monoisotopic (exact) mass is 316 g/mol. The number of rotatable bonds is 3. The SMILES string of the molecule is C#C.C/C=C\C=C1\CC(NC)C(=O)N2C(CCCC2C(C)=O)C1. The molecule has 0 aromatic carbocycles. The molecule has 3 atom stereocenters. The first-order valence-electron chi connectivity index (χ1n) is 8.22. The second-order valence-electron chi connectivity index (χ2n) is 6.06. The molecule has 1 N–H and O–H groups in total. The number of fused-ring (bicyclic) bond motifs is 1. The van der Waals surface area contributed by atoms with Crippen LogP contribution in [0.4, 0.5) is 0 Å². The summed E-state index contributed by atoms with van der Waals surface area (Å²) < 4.78 is 0. The minimum absolute atomic E-state index is 0.0891. The van der Waals surface area contributed by atoms with Gasteiger partial charge in [0.1, 0.15) is 0 Å². The number of likely N-dealkylation sites (N-methyl/N-ethyl adjacent to an activating group) is 1. The number of hydrogen-bond donors (Lipinski definition) is 1. The Morgan fingerprint density at radius 3 is 2.57 bits per heavy atom. The molecule has 126 valence electrons. The highest BCUT2D eigenvalue weighted by Crippen LogP contribution is 2.33. The van der Waals surface area contributed by atoms with Crippen LogP contribution in [0.1, 0.15) is 46.0 Å². The molecule has 0 saturated carbocycles. The summed E-state index contributed by atoms with van der Waals surface area (Å²) in [5.74, 6) is 0.204. The summed E-state index contributed by atoms with van der Waals surface area (Å²) in [5.41, 5.74) is 1.29. The third kappa shape index (κ3) is 4.56. The van der Waals surface area contributed by atoms with Crippen LogP contribution in [0.15, 0.2) is 23.8 Å². The van der Waals surface area contributed by atoms with E-state index < -0.39 is 0 Å². The molecular weight excluding hydrogens is 288 g/mol. The minimum atomic E-state index is -0.229. The quantitative estimate of drug-likeness (QED) is 0.814. The largest absolute Gasteiger partial charge is 0.328 e. The van der Waals surface area contributed by atoms with Gasteiger partial charge in [0.2, 0.25) is 5.91 Å². The molecule has 2 saturated heterocycles. The number of Topliss-reactive ketones (excluding diaryl/α,β-unsaturated/α-hetero) is 1. The molecule has 2 aliphatic heterocycles. The molecule has 0 radical (unpaired) electrons. The molecule has 0 spiro atoms. The Hall–Kier alpha value is -1.86. The number of amides is 1. The van der Waals surface area contributed by atoms with Gasteiger partial charge in [-0.25, -0.2) is 0 Å². The lowest BCUT2D eigenvalue weighted by molar-refractivity contribution is -0.145. The summed E-state index contributed by atoms with van der Waals surface area (Å²) in [6.07, 6.45) is 18.6. The Morgan fingerprint density at radius 2 is 2.00 bits per heavy atom. The van der Waals surface area contributed by atoms with Crippen LogP contribution in [0.25, 0.3) is 0 Å². The highest BCUT2D eigenvalue weighted by atomic mass is 16.2. The van der Waals surface area contributed by atoms with Crippen LogP contribution in [0.5, 0.6) is 0 Å². The van der Waals surface area contributed by atoms with Gasteiger partial charge in [-0.05, 0) is 53.0 Å². The van der Waals surface area contributed by atoms with E-state index in [9.17, 15) is 9.59 Å². The number of carbonyl (C=O) groups excluding carboxylic acids is 2. The summed E-state index contributed by atoms with van der Waals surface area (Å²) in [6.45, 7) is 3.60. The molecule has 0 bridgehead atoms. The van der Waals surface area contributed by atoms with Crippen molar-refractivity contribution in [2.45, 2.75) is 64.1 Å². The van der Waals surface area contributed by atoms with Gasteiger partial charge in [0.05, 0.1) is 12.1 Å². The molecule has 23 heavy (non-hydrogen) atoms. The van der Waals surface area contributed by atoms with E-state index in [0.717, 1.165) is 32.1 Å². The van der Waals surface area contributed by atoms with E-state index in [4.69, 9.17) is 0 Å². The topological polar surface area (TPSA) is 49.4 Å². The molecule has 3 unspecified atom stereocenters. The zero-order valence-corrected chi connectivity index (χ0v) is 14.4. The van der Waals surface area contributed by atoms with Crippen molar-refractivity contribution in [1.82, 2.24) is 10.2 Å². The molecule has 2 heterocycles. The van der Waals surface area contributed by atoms with Gasteiger partial charge in [-0.15, -0.1) is 12.8 Å². The van der Waals surface area contributed by atoms with Crippen molar-refractivity contribution in [3.05, 3.63) is 23.8 Å². The zero-order chi connectivity index (χ0) is 17.4. The number of nitrogens with zero attached hydrogens (tertiary/aromatic N) is 1. The first kappa shape index (κ1) is 19.2. The fourth-order valence-corrected chi connectivity index (χ4v) is 3.52. The van der Waals surface area contributed by atoms with E-state index >= 15 is 0 Å². The average molecular weight is 316 g/mol. The molecule has 2 fully saturated rings. The van der Waals surface area contributed by atoms with E-state index in [-0.39, 0.29) is 29.8 Å². The standard InChI is InChI=1S/C17H26N2O2.C2H2/c1-4-5-7-13-10-14-8-6-9-16(12(2)20)19(14)17(21)15(11-13)18-3;1-2/h4-5,7,14-16,18H,6,8-11H2,1-3H3;1-2H/b5-4-,13-7+;. The number of allylic oxidation sites excluding steroid dienone is 3. The predicted octanol–water partition coefficient (Wildman–Crippen LogP) is 2.46. The molecule has 4 nitrogen and oxygen atoms in total. The van der Waals surface area contributed by atoms with Crippen molar-refractivity contribution in [3.8, 4) is 12.8 Å². The van der Waals surface area contributed by atoms with Crippen molar-refractivity contribution < 1.29 is 9.59 Å². The average Bonchev–Trinajstić information content (AvgIpc) is 2.71. The summed E-state index contributed by atoms with van der Waals surface area (Å²) in [6, 6.07) is -0.269. The molecular formula is C19H28N2O2. The molecule has 0 aliphatic carbocycles. The van der Waals surface area contributed by atoms with Crippen molar-refractivity contribution in [2.24, 2.45) is 0 Å². The zero-order valence-electron chi connectivity index (χ0n) is 14.4. The van der Waals surface area contributed by atoms with E-state index in [2.05, 4.69) is 24.2 Å². The third-order valence-corrected chi connectivity index (χ3v) is 4.60. The number of carbonyl (C=O) groups is 2. The van der Waals surface area contributed by atoms with Gasteiger partial charge in [0, 0.05) is 6.04 Å². The second-order valence-corrected chi connectivity index (χ2v) is 6.06. The fraction of sp³-hybridized carbons (Fsp3) is 0.579. The van der Waals surface area contributed by atoms with Crippen LogP contribution in [0, 0.1) is 12.8 Å². The minimum Gasteiger partial charge on any atom is -0.328 e. The van der Waals surface area contributed by atoms with Gasteiger partial charge in [0.25, 0.3) is 0 Å². The van der Waals surface area contributed by atoms with Crippen LogP contribution in [-0.4, -0.2) is 41.8 Å². The van der Waals surface area contributed by atoms with E-state index in [1.807, 2.05) is 31.0 Å². The fourth-order valence-electron chi connectivity index (χ4n) is 3.52. The number of terminal acetylenes is 1. The summed E-state index contributed by atoms with van der Waals surface area (Å²) in [7, 11) is 1.82. The molecule has 4 heteroatoms. The Morgan fingerprint density at radius 1 is 1.30 bits per heavy atom. The highest BCUT2D eigenvalue weighted by Gasteiger charge is 2.41. The maximum absolute atomic E-state index is 12.8. The van der Waals surface area contributed by atoms with Crippen molar-refractivity contribution >= 4 is 11.7 Å². The summed E-state index contributed by atoms with van der Waals surface area (Å²) in [4.78, 5) is 26.6. The van der Waals surface area contributed by atoms with Crippen LogP contribution in [0.3, 0.4) is 0 Å². The van der Waals surface area contributed by atoms with Crippen LogP contribution < -0.4 is 5.32 Å². The van der Waals surface area contributed by atoms with Gasteiger partial charge in [-0.2, -0.15) is 0 Å². The van der Waals surface area contributed by atoms with E-state index in [1.165, 1.54) is 5.57 Å². The third-order valence-electron chi connectivity index (χ3n) is 4.60. The summed E-state index contributed by atoms with van der Waals surface area (Å²) >= 11 is 0. The Bertz CT molecular complexity index is 505. The predicted molar refractivity (Wildman–Crippen MR) is 93.8 cm³/mol. The smallest absolute Gasteiger partial charge is 0.240 e. The highest BCUT2D eigenvalue weighted by molar-refractivity contribution is 5.90. The lowest BCUT2D eigenvalue weighted by Gasteiger charge is -2.41. The lowest BCUT2D eigenvalue weighted by atomic mass is 9.90. The van der Waals surface area contributed by atoms with Crippen molar-refractivity contribution in [1.29, 1.82) is 0 Å². The van der Waals surface area contributed by atoms with Crippen molar-refractivity contribution in [3.63, 3.8) is 0 Å². The van der Waals surface area contributed by atoms with Crippen molar-refractivity contribution in [2.75, 3.05) is 7.05 Å². The van der Waals surface area contributed by atoms with E-state index in [0.29, 0.717) is 0 Å². The maximum atomic E-state index is 12.8. The first-order valence-corrected chi connectivity index (χ1v) is 8.22. The van der Waals surface area contributed by atoms with Gasteiger partial charge in [-0.3, -0.25) is 9.59 Å². The van der Waals surface area contributed by atoms with Crippen LogP contribution >= 0.6 is 0 Å². The first-order chi connectivity index (χ1) is 11.1. The van der Waals surface area contributed by atoms with Crippen LogP contribution in [0.2, 0.25) is 0 Å². The lowest BCUT2D eigenvalue weighted by Crippen LogP contribution is -2.56. The molecule has 0 aromatic heterocycles. The van der Waals surface area contributed by atoms with Crippen LogP contribution in [-0.2, 0) is 9.59 Å². The van der Waals surface area contributed by atoms with Gasteiger partial charge in [-0.1, -0.05) is 23.8 Å². The molecule has 0 aromatic rings. The van der Waals surface area contributed by atoms with E-state index in [1.54, 1.807) is 6.92 Å². The summed E-state index contributed by atoms with van der Waals surface area (Å²) in [5, 5.41) is 3.13. The normalized spacial score (nSPS) is 29.6. The van der Waals surface area contributed by atoms with Gasteiger partial charge >= 0.3 is 0 Å². The Labute approximate surface area is 140 Å². The number of hydrogen-bond acceptors (Lipinski definition) is 3. The molecule has 2 rings (SSSR count). The van der Waals surface area contributed by atoms with Gasteiger partial charge in [0.15, 0.2) is 5.78 Å². The number of nitrogens with one attached hydrogen (secondary N) is 1. The Balaban J connectivity index is 0.00000127. The second kappa shape index (κ2) is 9.32. The Kier molecular flexibility index (Phi) is 7.77. The molecule has 2 aliphatic rings. The number of piperidine rings is 1. The maximum Gasteiger partial charge on any atom is 0.240 e. The molecule has 1 amide bonds.